The van der Waals surface area contributed by atoms with Crippen molar-refractivity contribution < 1.29 is 41.8 Å². The number of aliphatic carboxylic acids is 1. The van der Waals surface area contributed by atoms with Gasteiger partial charge in [0.25, 0.3) is 5.91 Å². The molecule has 0 spiro atoms. The molecule has 1 aliphatic carbocycles. The zero-order valence-electron chi connectivity index (χ0n) is 33.9. The number of halogens is 5. The smallest absolute Gasteiger partial charge is 0.411 e. The van der Waals surface area contributed by atoms with Crippen LogP contribution in [0.3, 0.4) is 0 Å². The Bertz CT molecular complexity index is 2160. The van der Waals surface area contributed by atoms with Crippen molar-refractivity contribution in [1.29, 1.82) is 0 Å². The minimum atomic E-state index is -5.44. The van der Waals surface area contributed by atoms with Crippen LogP contribution in [-0.4, -0.2) is 94.1 Å². The van der Waals surface area contributed by atoms with Crippen molar-refractivity contribution in [3.63, 3.8) is 0 Å². The van der Waals surface area contributed by atoms with Crippen molar-refractivity contribution in [3.05, 3.63) is 89.2 Å². The number of likely N-dealkylation sites (tertiary alicyclic amines) is 1. The van der Waals surface area contributed by atoms with Crippen molar-refractivity contribution in [3.8, 4) is 22.5 Å². The highest BCUT2D eigenvalue weighted by Gasteiger charge is 2.65. The molecule has 1 saturated heterocycles. The summed E-state index contributed by atoms with van der Waals surface area (Å²) in [7, 11) is 2.11. The molecular weight excluding hydrogens is 820 g/mol. The molecular formula is C43H51ClF4N8O5. The van der Waals surface area contributed by atoms with Crippen LogP contribution in [0.4, 0.5) is 23.2 Å². The van der Waals surface area contributed by atoms with Gasteiger partial charge in [-0.1, -0.05) is 30.3 Å². The van der Waals surface area contributed by atoms with E-state index < -0.39 is 35.6 Å². The normalized spacial score (nSPS) is 18.1. The van der Waals surface area contributed by atoms with Gasteiger partial charge in [-0.15, -0.1) is 22.6 Å². The molecule has 1 saturated carbocycles. The molecule has 2 aliphatic rings. The molecule has 0 radical (unpaired) electrons. The van der Waals surface area contributed by atoms with Gasteiger partial charge in [0.1, 0.15) is 6.04 Å². The number of hydrogen-bond acceptors (Lipinski definition) is 8. The molecule has 7 N–H and O–H groups in total. The maximum absolute atomic E-state index is 14.3. The number of nitrogens with zero attached hydrogens (tertiary/aromatic N) is 3. The third-order valence-corrected chi connectivity index (χ3v) is 11.6. The Morgan fingerprint density at radius 1 is 0.885 bits per heavy atom. The molecule has 1 aromatic heterocycles. The number of aromatic amines is 1. The second-order valence-corrected chi connectivity index (χ2v) is 15.9. The maximum atomic E-state index is 14.3. The molecule has 2 heterocycles. The van der Waals surface area contributed by atoms with E-state index in [0.29, 0.717) is 43.3 Å². The number of carbonyl (C=O) groups excluding carboxylic acids is 3. The van der Waals surface area contributed by atoms with Gasteiger partial charge in [0.2, 0.25) is 17.6 Å². The summed E-state index contributed by atoms with van der Waals surface area (Å²) >= 11 is 0. The molecule has 18 heteroatoms. The first-order valence-electron chi connectivity index (χ1n) is 20.1. The van der Waals surface area contributed by atoms with Crippen LogP contribution in [0, 0.1) is 24.7 Å². The average Bonchev–Trinajstić information content (AvgIpc) is 3.75. The zero-order valence-corrected chi connectivity index (χ0v) is 34.7. The summed E-state index contributed by atoms with van der Waals surface area (Å²) in [6.07, 6.45) is 5.21. The molecule has 2 fully saturated rings. The summed E-state index contributed by atoms with van der Waals surface area (Å²) in [6, 6.07) is 17.8. The highest BCUT2D eigenvalue weighted by Crippen LogP contribution is 2.42. The van der Waals surface area contributed by atoms with Gasteiger partial charge in [-0.25, -0.2) is 4.79 Å². The van der Waals surface area contributed by atoms with Crippen molar-refractivity contribution in [2.24, 2.45) is 23.5 Å². The van der Waals surface area contributed by atoms with E-state index in [2.05, 4.69) is 38.1 Å². The second kappa shape index (κ2) is 20.0. The van der Waals surface area contributed by atoms with Gasteiger partial charge >= 0.3 is 17.8 Å². The quantitative estimate of drug-likeness (QED) is 0.0757. The number of piperidine rings is 1. The Morgan fingerprint density at radius 3 is 2.13 bits per heavy atom. The number of nitrogens with two attached hydrogens (primary N) is 1. The number of amides is 3. The number of rotatable bonds is 15. The Kier molecular flexibility index (Phi) is 15.3. The summed E-state index contributed by atoms with van der Waals surface area (Å²) in [4.78, 5) is 55.3. The first kappa shape index (κ1) is 46.7. The monoisotopic (exact) mass is 870 g/mol. The Balaban J connectivity index is 0.00000704. The predicted molar refractivity (Wildman–Crippen MR) is 223 cm³/mol. The molecule has 13 nitrogen and oxygen atoms in total. The first-order chi connectivity index (χ1) is 28.5. The summed E-state index contributed by atoms with van der Waals surface area (Å²) in [6.45, 7) is 5.21. The fraction of sp³-hybridized carbons (Fsp3) is 0.442. The van der Waals surface area contributed by atoms with Gasteiger partial charge in [-0.2, -0.15) is 17.6 Å². The SMILES string of the molecule is Cc1cc(C(=O)NCC2CCN(C)CC2)ccc1-c1ccc(C[C@H](NC(=O)[C@H]2CC[C@H](CN)CC2)C(=O)Nc2ccc(-c3nnc(C(F)(F)C(F)(F)C(=O)O)[nH]3)cc2)cc1.Cl. The van der Waals surface area contributed by atoms with Gasteiger partial charge in [-0.3, -0.25) is 14.4 Å². The van der Waals surface area contributed by atoms with Gasteiger partial charge in [-0.05, 0) is 143 Å². The van der Waals surface area contributed by atoms with Crippen LogP contribution in [0.25, 0.3) is 22.5 Å². The van der Waals surface area contributed by atoms with E-state index in [9.17, 15) is 36.7 Å². The third kappa shape index (κ3) is 11.1. The number of anilines is 1. The molecule has 6 rings (SSSR count). The molecule has 0 unspecified atom stereocenters. The van der Waals surface area contributed by atoms with Crippen LogP contribution in [-0.2, 0) is 26.7 Å². The summed E-state index contributed by atoms with van der Waals surface area (Å²) in [5, 5.41) is 23.9. The molecule has 328 valence electrons. The number of hydrogen-bond donors (Lipinski definition) is 6. The summed E-state index contributed by atoms with van der Waals surface area (Å²) < 4.78 is 55.9. The largest absolute Gasteiger partial charge is 0.477 e. The van der Waals surface area contributed by atoms with Crippen LogP contribution in [0.15, 0.2) is 66.7 Å². The van der Waals surface area contributed by atoms with E-state index in [1.54, 1.807) is 0 Å². The van der Waals surface area contributed by atoms with Crippen LogP contribution in [0.1, 0.15) is 65.8 Å². The lowest BCUT2D eigenvalue weighted by Gasteiger charge is -2.28. The number of carboxylic acids is 1. The minimum absolute atomic E-state index is 0. The van der Waals surface area contributed by atoms with E-state index >= 15 is 0 Å². The number of carbonyl (C=O) groups is 4. The number of carboxylic acid groups (broad SMARTS) is 1. The number of H-pyrrole nitrogens is 1. The van der Waals surface area contributed by atoms with Crippen molar-refractivity contribution >= 4 is 41.8 Å². The van der Waals surface area contributed by atoms with E-state index in [1.165, 1.54) is 24.3 Å². The number of benzene rings is 3. The zero-order chi connectivity index (χ0) is 43.2. The number of aromatic nitrogens is 3. The fourth-order valence-corrected chi connectivity index (χ4v) is 7.71. The lowest BCUT2D eigenvalue weighted by Crippen LogP contribution is -2.48. The van der Waals surface area contributed by atoms with Crippen molar-refractivity contribution in [1.82, 2.24) is 30.7 Å². The number of alkyl halides is 4. The maximum Gasteiger partial charge on any atom is 0.411 e. The molecule has 3 amide bonds. The predicted octanol–water partition coefficient (Wildman–Crippen LogP) is 6.18. The fourth-order valence-electron chi connectivity index (χ4n) is 7.71. The Hall–Kier alpha value is -5.39. The third-order valence-electron chi connectivity index (χ3n) is 11.6. The van der Waals surface area contributed by atoms with E-state index in [4.69, 9.17) is 10.8 Å². The van der Waals surface area contributed by atoms with Crippen LogP contribution in [0.5, 0.6) is 0 Å². The minimum Gasteiger partial charge on any atom is -0.477 e. The highest BCUT2D eigenvalue weighted by atomic mass is 35.5. The lowest BCUT2D eigenvalue weighted by molar-refractivity contribution is -0.231. The molecule has 3 aromatic carbocycles. The Labute approximate surface area is 357 Å². The van der Waals surface area contributed by atoms with Gasteiger partial charge in [0.15, 0.2) is 5.82 Å². The number of nitrogens with one attached hydrogen (secondary N) is 4. The molecule has 4 aromatic rings. The first-order valence-corrected chi connectivity index (χ1v) is 20.1. The van der Waals surface area contributed by atoms with Crippen LogP contribution in [0.2, 0.25) is 0 Å². The summed E-state index contributed by atoms with van der Waals surface area (Å²) in [5.74, 6) is -15.9. The topological polar surface area (TPSA) is 195 Å². The molecule has 0 bridgehead atoms. The molecule has 1 aliphatic heterocycles. The van der Waals surface area contributed by atoms with E-state index in [0.717, 1.165) is 61.0 Å². The van der Waals surface area contributed by atoms with Crippen LogP contribution >= 0.6 is 12.4 Å². The van der Waals surface area contributed by atoms with E-state index in [-0.39, 0.29) is 53.6 Å². The average molecular weight is 871 g/mol. The molecule has 1 atom stereocenters. The lowest BCUT2D eigenvalue weighted by atomic mass is 9.81. The molecule has 61 heavy (non-hydrogen) atoms. The van der Waals surface area contributed by atoms with Gasteiger partial charge in [0, 0.05) is 35.7 Å². The highest BCUT2D eigenvalue weighted by molar-refractivity contribution is 5.98. The van der Waals surface area contributed by atoms with Gasteiger partial charge < -0.3 is 36.7 Å². The van der Waals surface area contributed by atoms with Crippen molar-refractivity contribution in [2.45, 2.75) is 69.8 Å². The number of aryl methyl sites for hydroxylation is 1. The Morgan fingerprint density at radius 2 is 1.52 bits per heavy atom. The standard InChI is InChI=1S/C43H50F4N8O5.ClH/c1-25-21-32(37(56)49-24-28-17-19-55(2)20-18-28)13-16-34(25)29-7-3-26(4-8-29)22-35(51-38(57)31-9-5-27(23-48)6-10-31)39(58)50-33-14-11-30(12-15-33)36-52-40(54-53-36)42(44,45)43(46,47)41(59)60;/h3-4,7-8,11-16,21,27-28,31,35H,5-6,9-10,17-20,22-24,48H2,1-2H3,(H,49,56)(H,50,58)(H,51,57)(H,59,60)(H,52,53,54);1H/t27-,31-,35-;/m0./s1. The van der Waals surface area contributed by atoms with Crippen molar-refractivity contribution in [2.75, 3.05) is 38.5 Å². The summed E-state index contributed by atoms with van der Waals surface area (Å²) in [5.41, 5.74) is 10.4. The van der Waals surface area contributed by atoms with Crippen LogP contribution < -0.4 is 21.7 Å². The second-order valence-electron chi connectivity index (χ2n) is 15.9. The van der Waals surface area contributed by atoms with E-state index in [1.807, 2.05) is 54.4 Å². The van der Waals surface area contributed by atoms with Gasteiger partial charge in [0.05, 0.1) is 0 Å².